The molecule has 1 N–H and O–H groups in total. The highest BCUT2D eigenvalue weighted by molar-refractivity contribution is 5.94. The lowest BCUT2D eigenvalue weighted by Gasteiger charge is -2.34. The summed E-state index contributed by atoms with van der Waals surface area (Å²) in [5, 5.41) is 6.73. The fraction of sp³-hybridized carbons (Fsp3) is 0.304. The van der Waals surface area contributed by atoms with Crippen LogP contribution in [0.25, 0.3) is 11.5 Å². The van der Waals surface area contributed by atoms with Gasteiger partial charge < -0.3 is 14.7 Å². The van der Waals surface area contributed by atoms with Crippen LogP contribution in [-0.4, -0.2) is 64.5 Å². The standard InChI is InChI=1S/C23H25N5O3/c1-17-25-22(31-26-17)19-7-9-20(10-8-19)23(30)28-13-11-27(12-14-28)16-21(29)24-15-18-5-3-2-4-6-18/h2-10H,11-16H2,1H3,(H,24,29). The van der Waals surface area contributed by atoms with Crippen molar-refractivity contribution in [2.75, 3.05) is 32.7 Å². The lowest BCUT2D eigenvalue weighted by atomic mass is 10.1. The molecule has 2 heterocycles. The summed E-state index contributed by atoms with van der Waals surface area (Å²) in [4.78, 5) is 33.1. The van der Waals surface area contributed by atoms with Crippen molar-refractivity contribution in [3.8, 4) is 11.5 Å². The maximum Gasteiger partial charge on any atom is 0.257 e. The Morgan fingerprint density at radius 1 is 1.00 bits per heavy atom. The van der Waals surface area contributed by atoms with E-state index in [0.717, 1.165) is 11.1 Å². The van der Waals surface area contributed by atoms with E-state index in [9.17, 15) is 9.59 Å². The van der Waals surface area contributed by atoms with Crippen LogP contribution in [0, 0.1) is 6.92 Å². The second-order valence-electron chi connectivity index (χ2n) is 7.55. The molecule has 8 nitrogen and oxygen atoms in total. The molecule has 4 rings (SSSR count). The summed E-state index contributed by atoms with van der Waals surface area (Å²) in [7, 11) is 0. The Morgan fingerprint density at radius 3 is 2.35 bits per heavy atom. The third-order valence-corrected chi connectivity index (χ3v) is 5.27. The predicted octanol–water partition coefficient (Wildman–Crippen LogP) is 2.12. The minimum Gasteiger partial charge on any atom is -0.351 e. The Kier molecular flexibility index (Phi) is 6.37. The van der Waals surface area contributed by atoms with Crippen molar-refractivity contribution in [2.24, 2.45) is 0 Å². The Morgan fingerprint density at radius 2 is 1.71 bits per heavy atom. The number of aryl methyl sites for hydroxylation is 1. The number of aromatic nitrogens is 2. The van der Waals surface area contributed by atoms with Crippen molar-refractivity contribution in [1.82, 2.24) is 25.3 Å². The first kappa shape index (κ1) is 20.7. The van der Waals surface area contributed by atoms with Gasteiger partial charge in [-0.15, -0.1) is 0 Å². The molecule has 0 radical (unpaired) electrons. The van der Waals surface area contributed by atoms with E-state index in [1.165, 1.54) is 0 Å². The first-order valence-corrected chi connectivity index (χ1v) is 10.3. The number of benzene rings is 2. The summed E-state index contributed by atoms with van der Waals surface area (Å²) < 4.78 is 5.16. The molecule has 1 saturated heterocycles. The van der Waals surface area contributed by atoms with E-state index in [1.807, 2.05) is 47.4 Å². The fourth-order valence-electron chi connectivity index (χ4n) is 3.52. The lowest BCUT2D eigenvalue weighted by Crippen LogP contribution is -2.51. The number of rotatable bonds is 6. The molecule has 2 amide bonds. The highest BCUT2D eigenvalue weighted by atomic mass is 16.5. The molecule has 1 fully saturated rings. The highest BCUT2D eigenvalue weighted by Crippen LogP contribution is 2.18. The van der Waals surface area contributed by atoms with Crippen LogP contribution in [0.5, 0.6) is 0 Å². The van der Waals surface area contributed by atoms with E-state index in [-0.39, 0.29) is 11.8 Å². The summed E-state index contributed by atoms with van der Waals surface area (Å²) in [6.07, 6.45) is 0. The predicted molar refractivity (Wildman–Crippen MR) is 115 cm³/mol. The number of hydrogen-bond acceptors (Lipinski definition) is 6. The van der Waals surface area contributed by atoms with E-state index in [4.69, 9.17) is 4.52 Å². The van der Waals surface area contributed by atoms with Gasteiger partial charge in [-0.25, -0.2) is 0 Å². The zero-order chi connectivity index (χ0) is 21.6. The van der Waals surface area contributed by atoms with Gasteiger partial charge in [-0.05, 0) is 36.8 Å². The van der Waals surface area contributed by atoms with E-state index >= 15 is 0 Å². The van der Waals surface area contributed by atoms with Crippen LogP contribution in [-0.2, 0) is 11.3 Å². The first-order chi connectivity index (χ1) is 15.1. The zero-order valence-electron chi connectivity index (χ0n) is 17.5. The van der Waals surface area contributed by atoms with Crippen LogP contribution in [0.15, 0.2) is 59.1 Å². The van der Waals surface area contributed by atoms with Crippen LogP contribution in [0.2, 0.25) is 0 Å². The van der Waals surface area contributed by atoms with Gasteiger partial charge in [0.15, 0.2) is 5.82 Å². The number of carbonyl (C=O) groups excluding carboxylic acids is 2. The Balaban J connectivity index is 1.24. The summed E-state index contributed by atoms with van der Waals surface area (Å²) >= 11 is 0. The monoisotopic (exact) mass is 419 g/mol. The molecule has 1 aliphatic rings. The van der Waals surface area contributed by atoms with Crippen molar-refractivity contribution in [2.45, 2.75) is 13.5 Å². The fourth-order valence-corrected chi connectivity index (χ4v) is 3.52. The molecule has 0 atom stereocenters. The molecular formula is C23H25N5O3. The van der Waals surface area contributed by atoms with Gasteiger partial charge >= 0.3 is 0 Å². The lowest BCUT2D eigenvalue weighted by molar-refractivity contribution is -0.122. The van der Waals surface area contributed by atoms with Gasteiger partial charge in [0.1, 0.15) is 0 Å². The number of amides is 2. The molecule has 0 spiro atoms. The van der Waals surface area contributed by atoms with Gasteiger partial charge in [0.25, 0.3) is 11.8 Å². The minimum absolute atomic E-state index is 0.00418. The SMILES string of the molecule is Cc1noc(-c2ccc(C(=O)N3CCN(CC(=O)NCc4ccccc4)CC3)cc2)n1. The topological polar surface area (TPSA) is 91.6 Å². The smallest absolute Gasteiger partial charge is 0.257 e. The molecule has 2 aromatic carbocycles. The molecule has 3 aromatic rings. The van der Waals surface area contributed by atoms with Crippen molar-refractivity contribution in [1.29, 1.82) is 0 Å². The second-order valence-corrected chi connectivity index (χ2v) is 7.55. The average molecular weight is 419 g/mol. The van der Waals surface area contributed by atoms with Gasteiger partial charge in [-0.2, -0.15) is 4.98 Å². The normalized spacial score (nSPS) is 14.4. The maximum atomic E-state index is 12.8. The molecule has 31 heavy (non-hydrogen) atoms. The summed E-state index contributed by atoms with van der Waals surface area (Å²) in [6.45, 7) is 5.15. The van der Waals surface area contributed by atoms with Crippen molar-refractivity contribution >= 4 is 11.8 Å². The molecule has 160 valence electrons. The third kappa shape index (κ3) is 5.35. The number of hydrogen-bond donors (Lipinski definition) is 1. The van der Waals surface area contributed by atoms with Gasteiger partial charge in [0, 0.05) is 43.9 Å². The van der Waals surface area contributed by atoms with Gasteiger partial charge in [-0.1, -0.05) is 35.5 Å². The number of piperazine rings is 1. The molecule has 0 bridgehead atoms. The number of nitrogens with zero attached hydrogens (tertiary/aromatic N) is 4. The van der Waals surface area contributed by atoms with Crippen molar-refractivity contribution in [3.63, 3.8) is 0 Å². The van der Waals surface area contributed by atoms with Crippen molar-refractivity contribution in [3.05, 3.63) is 71.5 Å². The Hall–Kier alpha value is -3.52. The largest absolute Gasteiger partial charge is 0.351 e. The number of nitrogens with one attached hydrogen (secondary N) is 1. The maximum absolute atomic E-state index is 12.8. The van der Waals surface area contributed by atoms with Gasteiger partial charge in [0.2, 0.25) is 5.91 Å². The van der Waals surface area contributed by atoms with E-state index in [0.29, 0.717) is 56.5 Å². The molecule has 1 aromatic heterocycles. The van der Waals surface area contributed by atoms with Crippen LogP contribution in [0.3, 0.4) is 0 Å². The quantitative estimate of drug-likeness (QED) is 0.658. The molecular weight excluding hydrogens is 394 g/mol. The molecule has 1 aliphatic heterocycles. The van der Waals surface area contributed by atoms with Gasteiger partial charge in [0.05, 0.1) is 6.54 Å². The van der Waals surface area contributed by atoms with Crippen LogP contribution >= 0.6 is 0 Å². The highest BCUT2D eigenvalue weighted by Gasteiger charge is 2.23. The minimum atomic E-state index is -0.0126. The van der Waals surface area contributed by atoms with Crippen LogP contribution < -0.4 is 5.32 Å². The Bertz CT molecular complexity index is 1020. The molecule has 0 aliphatic carbocycles. The summed E-state index contributed by atoms with van der Waals surface area (Å²) in [5.74, 6) is 0.995. The average Bonchev–Trinajstić information content (AvgIpc) is 3.25. The van der Waals surface area contributed by atoms with Crippen LogP contribution in [0.4, 0.5) is 0 Å². The number of carbonyl (C=O) groups is 2. The molecule has 0 saturated carbocycles. The van der Waals surface area contributed by atoms with E-state index in [2.05, 4.69) is 20.4 Å². The Labute approximate surface area is 180 Å². The summed E-state index contributed by atoms with van der Waals surface area (Å²) in [5.41, 5.74) is 2.48. The zero-order valence-corrected chi connectivity index (χ0v) is 17.5. The van der Waals surface area contributed by atoms with E-state index < -0.39 is 0 Å². The second kappa shape index (κ2) is 9.53. The summed E-state index contributed by atoms with van der Waals surface area (Å²) in [6, 6.07) is 17.0. The van der Waals surface area contributed by atoms with E-state index in [1.54, 1.807) is 19.1 Å². The van der Waals surface area contributed by atoms with Gasteiger partial charge in [-0.3, -0.25) is 14.5 Å². The van der Waals surface area contributed by atoms with Crippen molar-refractivity contribution < 1.29 is 14.1 Å². The first-order valence-electron chi connectivity index (χ1n) is 10.3. The molecule has 8 heteroatoms. The third-order valence-electron chi connectivity index (χ3n) is 5.27. The van der Waals surface area contributed by atoms with Crippen LogP contribution in [0.1, 0.15) is 21.7 Å². The molecule has 0 unspecified atom stereocenters.